The maximum atomic E-state index is 12.7. The standard InChI is InChI=1S/C16H21N3O5S/c1-12(11-23-3)17-16(20)13-5-4-6-15(9-13)25(21,22)19(2)10-14-7-8-24-18-14/h4-9,12H,10-11H2,1-3H3,(H,17,20)/t12-/m1/s1. The number of nitrogens with one attached hydrogen (secondary N) is 1. The van der Waals surface area contributed by atoms with Crippen LogP contribution < -0.4 is 5.32 Å². The summed E-state index contributed by atoms with van der Waals surface area (Å²) in [5.41, 5.74) is 0.757. The number of carbonyl (C=O) groups is 1. The lowest BCUT2D eigenvalue weighted by Gasteiger charge is -2.17. The van der Waals surface area contributed by atoms with Gasteiger partial charge in [-0.3, -0.25) is 4.79 Å². The van der Waals surface area contributed by atoms with Crippen molar-refractivity contribution in [1.29, 1.82) is 0 Å². The molecule has 0 fully saturated rings. The summed E-state index contributed by atoms with van der Waals surface area (Å²) in [7, 11) is -0.779. The van der Waals surface area contributed by atoms with E-state index < -0.39 is 10.0 Å². The number of sulfonamides is 1. The van der Waals surface area contributed by atoms with E-state index in [2.05, 4.69) is 10.5 Å². The molecule has 25 heavy (non-hydrogen) atoms. The highest BCUT2D eigenvalue weighted by Gasteiger charge is 2.23. The number of nitrogens with zero attached hydrogens (tertiary/aromatic N) is 2. The minimum Gasteiger partial charge on any atom is -0.383 e. The van der Waals surface area contributed by atoms with E-state index in [-0.39, 0.29) is 29.0 Å². The minimum absolute atomic E-state index is 0.0329. The van der Waals surface area contributed by atoms with Gasteiger partial charge in [0.05, 0.1) is 23.7 Å². The highest BCUT2D eigenvalue weighted by atomic mass is 32.2. The van der Waals surface area contributed by atoms with Gasteiger partial charge in [0.25, 0.3) is 5.91 Å². The first-order valence-corrected chi connectivity index (χ1v) is 9.04. The van der Waals surface area contributed by atoms with Gasteiger partial charge >= 0.3 is 0 Å². The fourth-order valence-corrected chi connectivity index (χ4v) is 3.40. The van der Waals surface area contributed by atoms with E-state index in [1.165, 1.54) is 31.5 Å². The van der Waals surface area contributed by atoms with Crippen molar-refractivity contribution in [3.8, 4) is 0 Å². The third kappa shape index (κ3) is 4.88. The quantitative estimate of drug-likeness (QED) is 0.754. The van der Waals surface area contributed by atoms with Crippen molar-refractivity contribution in [2.24, 2.45) is 0 Å². The average molecular weight is 367 g/mol. The van der Waals surface area contributed by atoms with Gasteiger partial charge in [-0.2, -0.15) is 4.31 Å². The van der Waals surface area contributed by atoms with E-state index >= 15 is 0 Å². The van der Waals surface area contributed by atoms with Crippen molar-refractivity contribution < 1.29 is 22.5 Å². The fourth-order valence-electron chi connectivity index (χ4n) is 2.21. The predicted octanol–water partition coefficient (Wildman–Crippen LogP) is 1.26. The Morgan fingerprint density at radius 3 is 2.80 bits per heavy atom. The fraction of sp³-hybridized carbons (Fsp3) is 0.375. The van der Waals surface area contributed by atoms with Crippen molar-refractivity contribution in [2.45, 2.75) is 24.4 Å². The molecule has 9 heteroatoms. The van der Waals surface area contributed by atoms with E-state index in [1.807, 2.05) is 0 Å². The zero-order chi connectivity index (χ0) is 18.4. The number of methoxy groups -OCH3 is 1. The van der Waals surface area contributed by atoms with Crippen LogP contribution in [0.25, 0.3) is 0 Å². The van der Waals surface area contributed by atoms with E-state index in [0.717, 1.165) is 4.31 Å². The largest absolute Gasteiger partial charge is 0.383 e. The number of amides is 1. The van der Waals surface area contributed by atoms with Crippen LogP contribution in [0.1, 0.15) is 23.0 Å². The Kier molecular flexibility index (Phi) is 6.29. The lowest BCUT2D eigenvalue weighted by Crippen LogP contribution is -2.35. The Morgan fingerprint density at radius 2 is 2.16 bits per heavy atom. The molecule has 0 bridgehead atoms. The Morgan fingerprint density at radius 1 is 1.40 bits per heavy atom. The van der Waals surface area contributed by atoms with Crippen molar-refractivity contribution >= 4 is 15.9 Å². The average Bonchev–Trinajstić information content (AvgIpc) is 3.08. The van der Waals surface area contributed by atoms with Crippen LogP contribution in [0.15, 0.2) is 46.0 Å². The molecule has 0 radical (unpaired) electrons. The van der Waals surface area contributed by atoms with Crippen LogP contribution in [0.4, 0.5) is 0 Å². The summed E-state index contributed by atoms with van der Waals surface area (Å²) in [4.78, 5) is 12.3. The molecular formula is C16H21N3O5S. The van der Waals surface area contributed by atoms with Crippen LogP contribution in [0, 0.1) is 0 Å². The molecule has 1 heterocycles. The molecule has 0 unspecified atom stereocenters. The molecule has 1 atom stereocenters. The summed E-state index contributed by atoms with van der Waals surface area (Å²) in [6.07, 6.45) is 1.38. The molecule has 0 aliphatic carbocycles. The second kappa shape index (κ2) is 8.24. The van der Waals surface area contributed by atoms with Crippen molar-refractivity contribution in [2.75, 3.05) is 20.8 Å². The van der Waals surface area contributed by atoms with Gasteiger partial charge in [0.2, 0.25) is 10.0 Å². The molecule has 1 N–H and O–H groups in total. The summed E-state index contributed by atoms with van der Waals surface area (Å²) < 4.78 is 36.2. The SMILES string of the molecule is COC[C@@H](C)NC(=O)c1cccc(S(=O)(=O)N(C)Cc2ccon2)c1. The molecule has 0 aliphatic rings. The van der Waals surface area contributed by atoms with E-state index in [0.29, 0.717) is 12.3 Å². The number of ether oxygens (including phenoxy) is 1. The minimum atomic E-state index is -3.76. The number of rotatable bonds is 8. The maximum Gasteiger partial charge on any atom is 0.251 e. The second-order valence-corrected chi connectivity index (χ2v) is 7.65. The molecule has 1 aromatic heterocycles. The van der Waals surface area contributed by atoms with Crippen LogP contribution >= 0.6 is 0 Å². The number of benzene rings is 1. The first-order valence-electron chi connectivity index (χ1n) is 7.60. The molecule has 0 spiro atoms. The summed E-state index contributed by atoms with van der Waals surface area (Å²) in [5.74, 6) is -0.360. The topological polar surface area (TPSA) is 102 Å². The van der Waals surface area contributed by atoms with Gasteiger partial charge in [0.1, 0.15) is 6.26 Å². The summed E-state index contributed by atoms with van der Waals surface area (Å²) in [6, 6.07) is 7.30. The molecule has 136 valence electrons. The maximum absolute atomic E-state index is 12.7. The van der Waals surface area contributed by atoms with E-state index in [9.17, 15) is 13.2 Å². The molecular weight excluding hydrogens is 346 g/mol. The van der Waals surface area contributed by atoms with Crippen molar-refractivity contribution in [3.05, 3.63) is 47.9 Å². The van der Waals surface area contributed by atoms with Crippen LogP contribution in [0.5, 0.6) is 0 Å². The molecule has 0 aliphatic heterocycles. The van der Waals surface area contributed by atoms with E-state index in [4.69, 9.17) is 9.26 Å². The monoisotopic (exact) mass is 367 g/mol. The lowest BCUT2D eigenvalue weighted by atomic mass is 10.2. The summed E-state index contributed by atoms with van der Waals surface area (Å²) in [6.45, 7) is 2.23. The first kappa shape index (κ1) is 19.1. The van der Waals surface area contributed by atoms with Gasteiger partial charge in [-0.05, 0) is 25.1 Å². The van der Waals surface area contributed by atoms with Gasteiger partial charge in [0, 0.05) is 31.8 Å². The normalized spacial score (nSPS) is 13.0. The lowest BCUT2D eigenvalue weighted by molar-refractivity contribution is 0.0905. The molecule has 2 rings (SSSR count). The third-order valence-corrected chi connectivity index (χ3v) is 5.27. The first-order chi connectivity index (χ1) is 11.8. The second-order valence-electron chi connectivity index (χ2n) is 5.61. The molecule has 2 aromatic rings. The Hall–Kier alpha value is -2.23. The van der Waals surface area contributed by atoms with Gasteiger partial charge in [-0.1, -0.05) is 11.2 Å². The molecule has 0 saturated carbocycles. The van der Waals surface area contributed by atoms with Crippen molar-refractivity contribution in [3.63, 3.8) is 0 Å². The smallest absolute Gasteiger partial charge is 0.251 e. The highest BCUT2D eigenvalue weighted by molar-refractivity contribution is 7.89. The van der Waals surface area contributed by atoms with E-state index in [1.54, 1.807) is 26.2 Å². The van der Waals surface area contributed by atoms with Crippen LogP contribution in [-0.4, -0.2) is 50.6 Å². The zero-order valence-corrected chi connectivity index (χ0v) is 15.1. The Balaban J connectivity index is 2.17. The Bertz CT molecular complexity index is 805. The summed E-state index contributed by atoms with van der Waals surface area (Å²) in [5, 5.41) is 6.45. The Labute approximate surface area is 146 Å². The van der Waals surface area contributed by atoms with Crippen LogP contribution in [-0.2, 0) is 21.3 Å². The van der Waals surface area contributed by atoms with Crippen LogP contribution in [0.3, 0.4) is 0 Å². The number of hydrogen-bond donors (Lipinski definition) is 1. The summed E-state index contributed by atoms with van der Waals surface area (Å²) >= 11 is 0. The predicted molar refractivity (Wildman–Crippen MR) is 90.4 cm³/mol. The number of carbonyl (C=O) groups excluding carboxylic acids is 1. The van der Waals surface area contributed by atoms with Gasteiger partial charge in [-0.15, -0.1) is 0 Å². The molecule has 1 aromatic carbocycles. The number of aromatic nitrogens is 1. The van der Waals surface area contributed by atoms with Gasteiger partial charge in [-0.25, -0.2) is 8.42 Å². The van der Waals surface area contributed by atoms with Crippen molar-refractivity contribution in [1.82, 2.24) is 14.8 Å². The third-order valence-electron chi connectivity index (χ3n) is 3.47. The van der Waals surface area contributed by atoms with Gasteiger partial charge < -0.3 is 14.6 Å². The molecule has 8 nitrogen and oxygen atoms in total. The number of hydrogen-bond acceptors (Lipinski definition) is 6. The molecule has 0 saturated heterocycles. The zero-order valence-electron chi connectivity index (χ0n) is 14.3. The highest BCUT2D eigenvalue weighted by Crippen LogP contribution is 2.18. The van der Waals surface area contributed by atoms with Gasteiger partial charge in [0.15, 0.2) is 0 Å². The molecule has 1 amide bonds. The van der Waals surface area contributed by atoms with Crippen LogP contribution in [0.2, 0.25) is 0 Å².